The lowest BCUT2D eigenvalue weighted by Crippen LogP contribution is -2.40. The first kappa shape index (κ1) is 14.1. The summed E-state index contributed by atoms with van der Waals surface area (Å²) < 4.78 is 0. The SMILES string of the molecule is O=C(O)CN(CC(=O)NO)CC1=CC=CCC1=O. The number of aliphatic carboxylic acids is 1. The molecule has 0 atom stereocenters. The molecule has 0 saturated heterocycles. The Hall–Kier alpha value is -1.99. The first-order valence-electron chi connectivity index (χ1n) is 5.29. The summed E-state index contributed by atoms with van der Waals surface area (Å²) in [6.07, 6.45) is 5.28. The molecule has 1 aliphatic carbocycles. The molecule has 0 aliphatic heterocycles. The van der Waals surface area contributed by atoms with E-state index in [0.29, 0.717) is 5.57 Å². The lowest BCUT2D eigenvalue weighted by molar-refractivity contribution is -0.139. The third kappa shape index (κ3) is 4.48. The van der Waals surface area contributed by atoms with Gasteiger partial charge in [-0.2, -0.15) is 0 Å². The molecule has 0 bridgehead atoms. The van der Waals surface area contributed by atoms with Gasteiger partial charge in [-0.1, -0.05) is 18.2 Å². The van der Waals surface area contributed by atoms with Crippen LogP contribution >= 0.6 is 0 Å². The van der Waals surface area contributed by atoms with Gasteiger partial charge in [-0.3, -0.25) is 24.5 Å². The molecule has 3 N–H and O–H groups in total. The predicted octanol–water partition coefficient (Wildman–Crippen LogP) is -0.666. The molecule has 7 heteroatoms. The number of amides is 1. The second kappa shape index (κ2) is 6.67. The molecule has 0 fully saturated rings. The number of nitrogens with zero attached hydrogens (tertiary/aromatic N) is 1. The van der Waals surface area contributed by atoms with E-state index in [9.17, 15) is 14.4 Å². The number of nitrogens with one attached hydrogen (secondary N) is 1. The van der Waals surface area contributed by atoms with Gasteiger partial charge in [0.1, 0.15) is 0 Å². The van der Waals surface area contributed by atoms with E-state index in [1.54, 1.807) is 18.2 Å². The van der Waals surface area contributed by atoms with Crippen molar-refractivity contribution in [3.05, 3.63) is 23.8 Å². The van der Waals surface area contributed by atoms with Crippen LogP contribution in [0.25, 0.3) is 0 Å². The minimum absolute atomic E-state index is 0.0584. The van der Waals surface area contributed by atoms with E-state index in [2.05, 4.69) is 0 Å². The number of carbonyl (C=O) groups is 3. The summed E-state index contributed by atoms with van der Waals surface area (Å²) in [5, 5.41) is 17.1. The van der Waals surface area contributed by atoms with Crippen LogP contribution in [-0.4, -0.2) is 52.5 Å². The second-order valence-corrected chi connectivity index (χ2v) is 3.82. The van der Waals surface area contributed by atoms with Crippen molar-refractivity contribution in [2.24, 2.45) is 0 Å². The minimum Gasteiger partial charge on any atom is -0.480 e. The molecule has 0 radical (unpaired) electrons. The summed E-state index contributed by atoms with van der Waals surface area (Å²) >= 11 is 0. The molecule has 7 nitrogen and oxygen atoms in total. The maximum atomic E-state index is 11.5. The molecule has 1 amide bonds. The summed E-state index contributed by atoms with van der Waals surface area (Å²) in [4.78, 5) is 34.4. The van der Waals surface area contributed by atoms with Gasteiger partial charge in [0.25, 0.3) is 5.91 Å². The van der Waals surface area contributed by atoms with Crippen LogP contribution in [-0.2, 0) is 14.4 Å². The smallest absolute Gasteiger partial charge is 0.317 e. The topological polar surface area (TPSA) is 107 Å². The summed E-state index contributed by atoms with van der Waals surface area (Å²) in [5.74, 6) is -1.94. The molecule has 0 unspecified atom stereocenters. The van der Waals surface area contributed by atoms with Gasteiger partial charge in [0, 0.05) is 18.5 Å². The number of ketones is 1. The molecule has 1 rings (SSSR count). The number of Topliss-reactive ketones (excluding diaryl/α,β-unsaturated/α-hetero) is 1. The summed E-state index contributed by atoms with van der Waals surface area (Å²) in [7, 11) is 0. The monoisotopic (exact) mass is 254 g/mol. The van der Waals surface area contributed by atoms with Crippen LogP contribution in [0.15, 0.2) is 23.8 Å². The molecule has 0 spiro atoms. The van der Waals surface area contributed by atoms with E-state index >= 15 is 0 Å². The molecule has 98 valence electrons. The van der Waals surface area contributed by atoms with Crippen molar-refractivity contribution in [1.29, 1.82) is 0 Å². The lowest BCUT2D eigenvalue weighted by atomic mass is 10.0. The van der Waals surface area contributed by atoms with E-state index in [4.69, 9.17) is 10.3 Å². The number of allylic oxidation sites excluding steroid dienone is 3. The number of hydrogen-bond donors (Lipinski definition) is 3. The average molecular weight is 254 g/mol. The van der Waals surface area contributed by atoms with Crippen LogP contribution in [0, 0.1) is 0 Å². The van der Waals surface area contributed by atoms with Gasteiger partial charge in [0.15, 0.2) is 5.78 Å². The quantitative estimate of drug-likeness (QED) is 0.429. The highest BCUT2D eigenvalue weighted by atomic mass is 16.5. The zero-order valence-electron chi connectivity index (χ0n) is 9.63. The Balaban J connectivity index is 2.68. The fourth-order valence-electron chi connectivity index (χ4n) is 1.56. The molecular formula is C11H14N2O5. The average Bonchev–Trinajstić information content (AvgIpc) is 2.31. The van der Waals surface area contributed by atoms with Crippen molar-refractivity contribution in [1.82, 2.24) is 10.4 Å². The first-order chi connectivity index (χ1) is 8.52. The Labute approximate surface area is 103 Å². The van der Waals surface area contributed by atoms with Gasteiger partial charge in [-0.05, 0) is 0 Å². The number of carboxylic acid groups (broad SMARTS) is 1. The largest absolute Gasteiger partial charge is 0.480 e. The zero-order chi connectivity index (χ0) is 13.5. The standard InChI is InChI=1S/C11H14N2O5/c14-9-4-2-1-3-8(9)5-13(7-11(16)17)6-10(15)12-18/h1-3,18H,4-7H2,(H,12,15)(H,16,17). The van der Waals surface area contributed by atoms with Gasteiger partial charge < -0.3 is 5.11 Å². The summed E-state index contributed by atoms with van der Waals surface area (Å²) in [5.41, 5.74) is 1.87. The maximum Gasteiger partial charge on any atom is 0.317 e. The van der Waals surface area contributed by atoms with Gasteiger partial charge >= 0.3 is 5.97 Å². The molecular weight excluding hydrogens is 240 g/mol. The number of carbonyl (C=O) groups excluding carboxylic acids is 2. The molecule has 0 aromatic carbocycles. The Kier molecular flexibility index (Phi) is 5.22. The predicted molar refractivity (Wildman–Crippen MR) is 60.9 cm³/mol. The van der Waals surface area contributed by atoms with E-state index in [0.717, 1.165) is 0 Å². The van der Waals surface area contributed by atoms with Crippen LogP contribution in [0.5, 0.6) is 0 Å². The Bertz CT molecular complexity index is 414. The van der Waals surface area contributed by atoms with E-state index < -0.39 is 11.9 Å². The van der Waals surface area contributed by atoms with Crippen LogP contribution in [0.3, 0.4) is 0 Å². The van der Waals surface area contributed by atoms with E-state index in [-0.39, 0.29) is 31.8 Å². The van der Waals surface area contributed by atoms with Crippen molar-refractivity contribution < 1.29 is 24.7 Å². The number of carboxylic acids is 1. The van der Waals surface area contributed by atoms with Gasteiger partial charge in [-0.25, -0.2) is 5.48 Å². The molecule has 18 heavy (non-hydrogen) atoms. The van der Waals surface area contributed by atoms with Crippen molar-refractivity contribution in [2.45, 2.75) is 6.42 Å². The highest BCUT2D eigenvalue weighted by Gasteiger charge is 2.19. The fraction of sp³-hybridized carbons (Fsp3) is 0.364. The summed E-state index contributed by atoms with van der Waals surface area (Å²) in [6.45, 7) is -0.623. The molecule has 0 saturated carbocycles. The fourth-order valence-corrected chi connectivity index (χ4v) is 1.56. The Morgan fingerprint density at radius 2 is 2.11 bits per heavy atom. The van der Waals surface area contributed by atoms with E-state index in [1.165, 1.54) is 10.4 Å². The molecule has 1 aliphatic rings. The number of hydroxylamine groups is 1. The number of rotatable bonds is 6. The Morgan fingerprint density at radius 1 is 1.39 bits per heavy atom. The van der Waals surface area contributed by atoms with E-state index in [1.807, 2.05) is 0 Å². The van der Waals surface area contributed by atoms with Crippen molar-refractivity contribution >= 4 is 17.7 Å². The minimum atomic E-state index is -1.11. The Morgan fingerprint density at radius 3 is 2.67 bits per heavy atom. The van der Waals surface area contributed by atoms with Crippen molar-refractivity contribution in [3.8, 4) is 0 Å². The zero-order valence-corrected chi connectivity index (χ0v) is 9.63. The van der Waals surface area contributed by atoms with Crippen molar-refractivity contribution in [2.75, 3.05) is 19.6 Å². The van der Waals surface area contributed by atoms with Gasteiger partial charge in [0.2, 0.25) is 0 Å². The lowest BCUT2D eigenvalue weighted by Gasteiger charge is -2.20. The third-order valence-electron chi connectivity index (χ3n) is 2.34. The maximum absolute atomic E-state index is 11.5. The van der Waals surface area contributed by atoms with Crippen molar-refractivity contribution in [3.63, 3.8) is 0 Å². The first-order valence-corrected chi connectivity index (χ1v) is 5.29. The normalized spacial score (nSPS) is 14.6. The molecule has 0 aromatic heterocycles. The van der Waals surface area contributed by atoms with Crippen LogP contribution in [0.2, 0.25) is 0 Å². The number of hydrogen-bond acceptors (Lipinski definition) is 5. The van der Waals surface area contributed by atoms with Crippen LogP contribution < -0.4 is 5.48 Å². The molecule has 0 heterocycles. The van der Waals surface area contributed by atoms with Gasteiger partial charge in [-0.15, -0.1) is 0 Å². The third-order valence-corrected chi connectivity index (χ3v) is 2.34. The molecule has 0 aromatic rings. The highest BCUT2D eigenvalue weighted by Crippen LogP contribution is 2.09. The highest BCUT2D eigenvalue weighted by molar-refractivity contribution is 5.98. The second-order valence-electron chi connectivity index (χ2n) is 3.82. The van der Waals surface area contributed by atoms with Crippen LogP contribution in [0.4, 0.5) is 0 Å². The summed E-state index contributed by atoms with van der Waals surface area (Å²) in [6, 6.07) is 0. The van der Waals surface area contributed by atoms with Crippen LogP contribution in [0.1, 0.15) is 6.42 Å². The van der Waals surface area contributed by atoms with Gasteiger partial charge in [0.05, 0.1) is 13.1 Å².